The van der Waals surface area contributed by atoms with Crippen LogP contribution in [-0.4, -0.2) is 48.7 Å². The van der Waals surface area contributed by atoms with E-state index in [-0.39, 0.29) is 31.4 Å². The molecule has 0 aliphatic heterocycles. The molecule has 1 rings (SSSR count). The zero-order chi connectivity index (χ0) is 15.0. The molecule has 0 aliphatic rings. The number of carbonyl (C=O) groups excluding carboxylic acids is 2. The summed E-state index contributed by atoms with van der Waals surface area (Å²) in [4.78, 5) is 25.1. The number of esters is 1. The highest BCUT2D eigenvalue weighted by Gasteiger charge is 2.16. The van der Waals surface area contributed by atoms with Crippen molar-refractivity contribution in [1.29, 1.82) is 0 Å². The third kappa shape index (κ3) is 5.30. The Morgan fingerprint density at radius 2 is 1.90 bits per heavy atom. The first kappa shape index (κ1) is 16.7. The molecule has 1 amide bonds. The second-order valence-electron chi connectivity index (χ2n) is 4.20. The molecule has 5 nitrogen and oxygen atoms in total. The van der Waals surface area contributed by atoms with Crippen molar-refractivity contribution in [2.45, 2.75) is 12.8 Å². The Balaban J connectivity index is 2.72. The first-order valence-corrected chi connectivity index (χ1v) is 7.10. The average Bonchev–Trinajstić information content (AvgIpc) is 2.47. The highest BCUT2D eigenvalue weighted by Crippen LogP contribution is 2.13. The Morgan fingerprint density at radius 3 is 2.45 bits per heavy atom. The quantitative estimate of drug-likeness (QED) is 0.767. The Hall–Kier alpha value is -1.40. The van der Waals surface area contributed by atoms with E-state index < -0.39 is 0 Å². The van der Waals surface area contributed by atoms with Gasteiger partial charge in [0.1, 0.15) is 0 Å². The second-order valence-corrected chi connectivity index (χ2v) is 5.12. The van der Waals surface area contributed by atoms with Gasteiger partial charge >= 0.3 is 5.97 Å². The van der Waals surface area contributed by atoms with Crippen LogP contribution in [-0.2, 0) is 9.53 Å². The number of nitrogens with zero attached hydrogens (tertiary/aromatic N) is 1. The van der Waals surface area contributed by atoms with Crippen molar-refractivity contribution in [1.82, 2.24) is 4.90 Å². The van der Waals surface area contributed by atoms with Gasteiger partial charge in [-0.3, -0.25) is 9.59 Å². The van der Waals surface area contributed by atoms with Crippen molar-refractivity contribution in [2.75, 3.05) is 26.8 Å². The van der Waals surface area contributed by atoms with Crippen LogP contribution in [0.15, 0.2) is 28.7 Å². The molecule has 0 fully saturated rings. The van der Waals surface area contributed by atoms with Crippen LogP contribution in [0.1, 0.15) is 23.2 Å². The van der Waals surface area contributed by atoms with Gasteiger partial charge in [-0.15, -0.1) is 0 Å². The van der Waals surface area contributed by atoms with Crippen LogP contribution in [0.5, 0.6) is 0 Å². The number of hydrogen-bond acceptors (Lipinski definition) is 4. The molecule has 6 heteroatoms. The van der Waals surface area contributed by atoms with Crippen LogP contribution in [0.4, 0.5) is 0 Å². The van der Waals surface area contributed by atoms with E-state index in [1.54, 1.807) is 29.2 Å². The third-order valence-electron chi connectivity index (χ3n) is 2.78. The predicted molar refractivity (Wildman–Crippen MR) is 78.4 cm³/mol. The largest absolute Gasteiger partial charge is 0.469 e. The molecule has 1 aromatic rings. The minimum Gasteiger partial charge on any atom is -0.469 e. The molecule has 0 aromatic heterocycles. The molecule has 110 valence electrons. The van der Waals surface area contributed by atoms with Crippen molar-refractivity contribution >= 4 is 27.8 Å². The van der Waals surface area contributed by atoms with Gasteiger partial charge in [-0.2, -0.15) is 0 Å². The van der Waals surface area contributed by atoms with Gasteiger partial charge in [-0.25, -0.2) is 0 Å². The topological polar surface area (TPSA) is 66.8 Å². The van der Waals surface area contributed by atoms with Gasteiger partial charge in [-0.1, -0.05) is 15.9 Å². The fourth-order valence-corrected chi connectivity index (χ4v) is 1.94. The summed E-state index contributed by atoms with van der Waals surface area (Å²) in [5.74, 6) is -0.516. The summed E-state index contributed by atoms with van der Waals surface area (Å²) < 4.78 is 5.47. The zero-order valence-corrected chi connectivity index (χ0v) is 12.9. The number of halogens is 1. The smallest absolute Gasteiger partial charge is 0.307 e. The van der Waals surface area contributed by atoms with Gasteiger partial charge in [0.25, 0.3) is 5.91 Å². The molecule has 0 aliphatic carbocycles. The molecule has 0 saturated heterocycles. The maximum atomic E-state index is 12.3. The Bertz CT molecular complexity index is 447. The first-order chi connectivity index (χ1) is 9.58. The number of aliphatic hydroxyl groups excluding tert-OH is 1. The van der Waals surface area contributed by atoms with Crippen LogP contribution in [0, 0.1) is 0 Å². The van der Waals surface area contributed by atoms with Gasteiger partial charge in [0.15, 0.2) is 0 Å². The summed E-state index contributed by atoms with van der Waals surface area (Å²) in [6.45, 7) is 0.687. The monoisotopic (exact) mass is 343 g/mol. The van der Waals surface area contributed by atoms with E-state index in [9.17, 15) is 9.59 Å². The van der Waals surface area contributed by atoms with E-state index in [1.165, 1.54) is 7.11 Å². The summed E-state index contributed by atoms with van der Waals surface area (Å²) in [5, 5.41) is 8.89. The normalized spacial score (nSPS) is 10.2. The molecule has 0 saturated carbocycles. The number of rotatable bonds is 7. The lowest BCUT2D eigenvalue weighted by Gasteiger charge is -2.22. The fraction of sp³-hybridized carbons (Fsp3) is 0.429. The van der Waals surface area contributed by atoms with Crippen molar-refractivity contribution in [2.24, 2.45) is 0 Å². The van der Waals surface area contributed by atoms with Crippen LogP contribution in [0.3, 0.4) is 0 Å². The van der Waals surface area contributed by atoms with E-state index in [0.717, 1.165) is 4.47 Å². The lowest BCUT2D eigenvalue weighted by Crippen LogP contribution is -2.34. The summed E-state index contributed by atoms with van der Waals surface area (Å²) in [5.41, 5.74) is 0.552. The average molecular weight is 344 g/mol. The highest BCUT2D eigenvalue weighted by atomic mass is 79.9. The van der Waals surface area contributed by atoms with E-state index in [1.807, 2.05) is 0 Å². The van der Waals surface area contributed by atoms with Crippen LogP contribution in [0.25, 0.3) is 0 Å². The van der Waals surface area contributed by atoms with Gasteiger partial charge in [0.05, 0.1) is 13.5 Å². The van der Waals surface area contributed by atoms with Crippen molar-refractivity contribution in [3.8, 4) is 0 Å². The number of carbonyl (C=O) groups is 2. The predicted octanol–water partition coefficient (Wildman–Crippen LogP) is 1.84. The molecule has 1 N–H and O–H groups in total. The Labute approximate surface area is 126 Å². The number of methoxy groups -OCH3 is 1. The molecule has 1 aromatic carbocycles. The molecular weight excluding hydrogens is 326 g/mol. The Kier molecular flexibility index (Phi) is 7.25. The van der Waals surface area contributed by atoms with Crippen molar-refractivity contribution in [3.63, 3.8) is 0 Å². The van der Waals surface area contributed by atoms with Gasteiger partial charge in [-0.05, 0) is 30.7 Å². The maximum absolute atomic E-state index is 12.3. The third-order valence-corrected chi connectivity index (χ3v) is 3.31. The zero-order valence-electron chi connectivity index (χ0n) is 11.3. The summed E-state index contributed by atoms with van der Waals surface area (Å²) in [7, 11) is 1.32. The number of aliphatic hydroxyl groups is 1. The molecule has 0 heterocycles. The van der Waals surface area contributed by atoms with Crippen LogP contribution < -0.4 is 0 Å². The maximum Gasteiger partial charge on any atom is 0.307 e. The molecular formula is C14H18BrNO4. The van der Waals surface area contributed by atoms with E-state index in [0.29, 0.717) is 18.5 Å². The Morgan fingerprint density at radius 1 is 1.25 bits per heavy atom. The van der Waals surface area contributed by atoms with Gasteiger partial charge in [0, 0.05) is 29.7 Å². The lowest BCUT2D eigenvalue weighted by molar-refractivity contribution is -0.140. The van der Waals surface area contributed by atoms with Crippen LogP contribution >= 0.6 is 15.9 Å². The molecule has 20 heavy (non-hydrogen) atoms. The fourth-order valence-electron chi connectivity index (χ4n) is 1.68. The van der Waals surface area contributed by atoms with Gasteiger partial charge < -0.3 is 14.7 Å². The first-order valence-electron chi connectivity index (χ1n) is 6.31. The minimum atomic E-state index is -0.359. The highest BCUT2D eigenvalue weighted by molar-refractivity contribution is 9.10. The van der Waals surface area contributed by atoms with E-state index in [2.05, 4.69) is 20.7 Å². The number of amides is 1. The summed E-state index contributed by atoms with van der Waals surface area (Å²) in [6.07, 6.45) is 0.619. The van der Waals surface area contributed by atoms with Gasteiger partial charge in [0.2, 0.25) is 0 Å². The molecule has 0 spiro atoms. The minimum absolute atomic E-state index is 0.00232. The molecule has 0 bridgehead atoms. The standard InChI is InChI=1S/C14H18BrNO4/c1-20-13(18)7-9-16(8-2-10-17)14(19)11-3-5-12(15)6-4-11/h3-6,17H,2,7-10H2,1H3. The SMILES string of the molecule is COC(=O)CCN(CCCO)C(=O)c1ccc(Br)cc1. The number of ether oxygens (including phenoxy) is 1. The van der Waals surface area contributed by atoms with Crippen molar-refractivity contribution < 1.29 is 19.4 Å². The second kappa shape index (κ2) is 8.71. The van der Waals surface area contributed by atoms with Crippen LogP contribution in [0.2, 0.25) is 0 Å². The van der Waals surface area contributed by atoms with E-state index in [4.69, 9.17) is 5.11 Å². The molecule has 0 radical (unpaired) electrons. The lowest BCUT2D eigenvalue weighted by atomic mass is 10.2. The summed E-state index contributed by atoms with van der Waals surface area (Å²) >= 11 is 3.31. The molecule has 0 atom stereocenters. The van der Waals surface area contributed by atoms with E-state index >= 15 is 0 Å². The number of hydrogen-bond donors (Lipinski definition) is 1. The summed E-state index contributed by atoms with van der Waals surface area (Å²) in [6, 6.07) is 7.02. The number of benzene rings is 1. The molecule has 0 unspecified atom stereocenters. The van der Waals surface area contributed by atoms with Crippen molar-refractivity contribution in [3.05, 3.63) is 34.3 Å².